The molecule has 0 atom stereocenters. The Morgan fingerprint density at radius 3 is 2.21 bits per heavy atom. The second-order valence-electron chi connectivity index (χ2n) is 6.93. The third-order valence-corrected chi connectivity index (χ3v) is 5.00. The van der Waals surface area contributed by atoms with Gasteiger partial charge in [-0.25, -0.2) is 0 Å². The average Bonchev–Trinajstić information content (AvgIpc) is 2.75. The number of ether oxygens (including phenoxy) is 2. The average molecular weight is 380 g/mol. The highest BCUT2D eigenvalue weighted by Gasteiger charge is 2.15. The number of esters is 1. The van der Waals surface area contributed by atoms with Crippen molar-refractivity contribution in [3.05, 3.63) is 64.7 Å². The quantitative estimate of drug-likeness (QED) is 0.512. The van der Waals surface area contributed by atoms with Gasteiger partial charge in [0.15, 0.2) is 18.2 Å². The summed E-state index contributed by atoms with van der Waals surface area (Å²) in [5.41, 5.74) is 3.64. The van der Waals surface area contributed by atoms with E-state index in [9.17, 15) is 14.4 Å². The van der Waals surface area contributed by atoms with Crippen LogP contribution in [0.25, 0.3) is 0 Å². The minimum absolute atomic E-state index is 0.0359. The van der Waals surface area contributed by atoms with Crippen LogP contribution in [0.15, 0.2) is 42.5 Å². The molecule has 2 aromatic carbocycles. The standard InChI is InChI=1S/C23H24O5/c1-27-20-10-8-17(9-11-20)22(25)15-28-23(26)13-12-21(24)19-7-6-16-4-2-3-5-18(16)14-19/h6-11,14H,2-5,12-13,15H2,1H3. The van der Waals surface area contributed by atoms with Crippen molar-refractivity contribution in [2.45, 2.75) is 38.5 Å². The van der Waals surface area contributed by atoms with E-state index in [2.05, 4.69) is 0 Å². The number of Topliss-reactive ketones (excluding diaryl/α,β-unsaturated/α-hetero) is 2. The van der Waals surface area contributed by atoms with Crippen molar-refractivity contribution < 1.29 is 23.9 Å². The Kier molecular flexibility index (Phi) is 6.58. The SMILES string of the molecule is COc1ccc(C(=O)COC(=O)CCC(=O)c2ccc3c(c2)CCCC3)cc1. The Hall–Kier alpha value is -2.95. The van der Waals surface area contributed by atoms with Gasteiger partial charge in [-0.05, 0) is 67.1 Å². The van der Waals surface area contributed by atoms with Crippen molar-refractivity contribution in [3.8, 4) is 5.75 Å². The number of aryl methyl sites for hydroxylation is 2. The predicted octanol–water partition coefficient (Wildman–Crippen LogP) is 3.96. The number of benzene rings is 2. The van der Waals surface area contributed by atoms with Crippen molar-refractivity contribution in [1.29, 1.82) is 0 Å². The molecule has 0 fully saturated rings. The summed E-state index contributed by atoms with van der Waals surface area (Å²) >= 11 is 0. The van der Waals surface area contributed by atoms with Crippen LogP contribution >= 0.6 is 0 Å². The lowest BCUT2D eigenvalue weighted by Gasteiger charge is -2.16. The summed E-state index contributed by atoms with van der Waals surface area (Å²) in [5.74, 6) is -0.272. The molecular weight excluding hydrogens is 356 g/mol. The Balaban J connectivity index is 1.45. The Labute approximate surface area is 164 Å². The van der Waals surface area contributed by atoms with Crippen molar-refractivity contribution in [3.63, 3.8) is 0 Å². The number of carbonyl (C=O) groups is 3. The second-order valence-corrected chi connectivity index (χ2v) is 6.93. The minimum atomic E-state index is -0.548. The van der Waals surface area contributed by atoms with Crippen LogP contribution in [0.3, 0.4) is 0 Å². The molecule has 0 unspecified atom stereocenters. The highest BCUT2D eigenvalue weighted by atomic mass is 16.5. The zero-order chi connectivity index (χ0) is 19.9. The lowest BCUT2D eigenvalue weighted by atomic mass is 9.89. The van der Waals surface area contributed by atoms with Crippen LogP contribution in [0.5, 0.6) is 5.75 Å². The van der Waals surface area contributed by atoms with Gasteiger partial charge in [0, 0.05) is 17.5 Å². The van der Waals surface area contributed by atoms with Gasteiger partial charge in [0.1, 0.15) is 5.75 Å². The number of fused-ring (bicyclic) bond motifs is 1. The first-order valence-corrected chi connectivity index (χ1v) is 9.54. The fourth-order valence-corrected chi connectivity index (χ4v) is 3.35. The van der Waals surface area contributed by atoms with E-state index >= 15 is 0 Å². The Morgan fingerprint density at radius 2 is 1.50 bits per heavy atom. The molecule has 0 bridgehead atoms. The summed E-state index contributed by atoms with van der Waals surface area (Å²) in [6.45, 7) is -0.335. The number of hydrogen-bond acceptors (Lipinski definition) is 5. The van der Waals surface area contributed by atoms with E-state index in [1.807, 2.05) is 18.2 Å². The van der Waals surface area contributed by atoms with E-state index in [0.717, 1.165) is 19.3 Å². The van der Waals surface area contributed by atoms with Gasteiger partial charge < -0.3 is 9.47 Å². The maximum Gasteiger partial charge on any atom is 0.306 e. The molecule has 1 aliphatic carbocycles. The first-order chi connectivity index (χ1) is 13.6. The van der Waals surface area contributed by atoms with Gasteiger partial charge in [-0.2, -0.15) is 0 Å². The molecule has 0 saturated heterocycles. The predicted molar refractivity (Wildman–Crippen MR) is 105 cm³/mol. The molecule has 0 heterocycles. The third-order valence-electron chi connectivity index (χ3n) is 5.00. The van der Waals surface area contributed by atoms with Crippen LogP contribution in [0, 0.1) is 0 Å². The molecular formula is C23H24O5. The van der Waals surface area contributed by atoms with Crippen molar-refractivity contribution in [2.75, 3.05) is 13.7 Å². The largest absolute Gasteiger partial charge is 0.497 e. The van der Waals surface area contributed by atoms with E-state index in [-0.39, 0.29) is 31.0 Å². The molecule has 28 heavy (non-hydrogen) atoms. The second kappa shape index (κ2) is 9.31. The number of hydrogen-bond donors (Lipinski definition) is 0. The van der Waals surface area contributed by atoms with Crippen LogP contribution in [0.1, 0.15) is 57.5 Å². The van der Waals surface area contributed by atoms with E-state index in [1.165, 1.54) is 17.5 Å². The highest BCUT2D eigenvalue weighted by Crippen LogP contribution is 2.23. The van der Waals surface area contributed by atoms with E-state index in [0.29, 0.717) is 16.9 Å². The summed E-state index contributed by atoms with van der Waals surface area (Å²) in [6.07, 6.45) is 4.46. The van der Waals surface area contributed by atoms with Crippen molar-refractivity contribution >= 4 is 17.5 Å². The topological polar surface area (TPSA) is 69.7 Å². The monoisotopic (exact) mass is 380 g/mol. The van der Waals surface area contributed by atoms with Crippen LogP contribution in [0.2, 0.25) is 0 Å². The Morgan fingerprint density at radius 1 is 0.821 bits per heavy atom. The highest BCUT2D eigenvalue weighted by molar-refractivity contribution is 5.99. The van der Waals surface area contributed by atoms with E-state index < -0.39 is 5.97 Å². The number of rotatable bonds is 8. The summed E-state index contributed by atoms with van der Waals surface area (Å²) in [5, 5.41) is 0. The van der Waals surface area contributed by atoms with Gasteiger partial charge in [0.25, 0.3) is 0 Å². The number of carbonyl (C=O) groups excluding carboxylic acids is 3. The van der Waals surface area contributed by atoms with Crippen LogP contribution in [-0.4, -0.2) is 31.3 Å². The zero-order valence-electron chi connectivity index (χ0n) is 16.0. The molecule has 0 radical (unpaired) electrons. The summed E-state index contributed by atoms with van der Waals surface area (Å²) < 4.78 is 10.1. The molecule has 0 aromatic heterocycles. The van der Waals surface area contributed by atoms with Gasteiger partial charge in [0.05, 0.1) is 13.5 Å². The summed E-state index contributed by atoms with van der Waals surface area (Å²) in [6, 6.07) is 12.4. The number of methoxy groups -OCH3 is 1. The lowest BCUT2D eigenvalue weighted by Crippen LogP contribution is -2.15. The normalized spacial score (nSPS) is 12.8. The lowest BCUT2D eigenvalue weighted by molar-refractivity contribution is -0.142. The van der Waals surface area contributed by atoms with Gasteiger partial charge in [0.2, 0.25) is 0 Å². The maximum atomic E-state index is 12.4. The molecule has 0 aliphatic heterocycles. The molecule has 0 N–H and O–H groups in total. The van der Waals surface area contributed by atoms with Crippen LogP contribution in [0.4, 0.5) is 0 Å². The van der Waals surface area contributed by atoms with Crippen LogP contribution in [-0.2, 0) is 22.4 Å². The maximum absolute atomic E-state index is 12.4. The van der Waals surface area contributed by atoms with Gasteiger partial charge >= 0.3 is 5.97 Å². The summed E-state index contributed by atoms with van der Waals surface area (Å²) in [4.78, 5) is 36.3. The van der Waals surface area contributed by atoms with Gasteiger partial charge in [-0.3, -0.25) is 14.4 Å². The smallest absolute Gasteiger partial charge is 0.306 e. The molecule has 3 rings (SSSR count). The first-order valence-electron chi connectivity index (χ1n) is 9.54. The molecule has 2 aromatic rings. The third kappa shape index (κ3) is 5.06. The van der Waals surface area contributed by atoms with E-state index in [1.54, 1.807) is 31.4 Å². The molecule has 0 saturated carbocycles. The molecule has 146 valence electrons. The minimum Gasteiger partial charge on any atom is -0.497 e. The van der Waals surface area contributed by atoms with E-state index in [4.69, 9.17) is 9.47 Å². The molecule has 0 spiro atoms. The van der Waals surface area contributed by atoms with Gasteiger partial charge in [-0.1, -0.05) is 12.1 Å². The van der Waals surface area contributed by atoms with Gasteiger partial charge in [-0.15, -0.1) is 0 Å². The summed E-state index contributed by atoms with van der Waals surface area (Å²) in [7, 11) is 1.55. The van der Waals surface area contributed by atoms with Crippen LogP contribution < -0.4 is 4.74 Å². The van der Waals surface area contributed by atoms with Crippen molar-refractivity contribution in [1.82, 2.24) is 0 Å². The number of ketones is 2. The molecule has 5 heteroatoms. The fraction of sp³-hybridized carbons (Fsp3) is 0.348. The molecule has 0 amide bonds. The molecule has 5 nitrogen and oxygen atoms in total. The zero-order valence-corrected chi connectivity index (χ0v) is 16.0. The fourth-order valence-electron chi connectivity index (χ4n) is 3.35. The Bertz CT molecular complexity index is 867. The van der Waals surface area contributed by atoms with Crippen molar-refractivity contribution in [2.24, 2.45) is 0 Å². The first kappa shape index (κ1) is 19.8. The molecule has 1 aliphatic rings.